The highest BCUT2D eigenvalue weighted by atomic mass is 19.1. The molecule has 1 amide bonds. The molecule has 1 aromatic rings. The summed E-state index contributed by atoms with van der Waals surface area (Å²) in [6.07, 6.45) is 0.910. The van der Waals surface area contributed by atoms with Crippen molar-refractivity contribution in [2.45, 2.75) is 38.8 Å². The van der Waals surface area contributed by atoms with Crippen LogP contribution >= 0.6 is 0 Å². The minimum Gasteiger partial charge on any atom is -0.491 e. The lowest BCUT2D eigenvalue weighted by molar-refractivity contribution is -0.127. The minimum absolute atomic E-state index is 0.000705. The highest BCUT2D eigenvalue weighted by Crippen LogP contribution is 2.19. The fourth-order valence-corrected chi connectivity index (χ4v) is 2.82. The maximum absolute atomic E-state index is 12.8. The number of nitrogens with one attached hydrogen (secondary N) is 1. The molecule has 24 heavy (non-hydrogen) atoms. The summed E-state index contributed by atoms with van der Waals surface area (Å²) in [5.74, 6) is 0.172. The van der Waals surface area contributed by atoms with Crippen molar-refractivity contribution in [1.82, 2.24) is 10.2 Å². The molecule has 1 saturated heterocycles. The van der Waals surface area contributed by atoms with Crippen molar-refractivity contribution in [2.24, 2.45) is 5.92 Å². The topological polar surface area (TPSA) is 61.8 Å². The third kappa shape index (κ3) is 5.76. The summed E-state index contributed by atoms with van der Waals surface area (Å²) in [6, 6.07) is 6.12. The van der Waals surface area contributed by atoms with Gasteiger partial charge in [0.05, 0.1) is 0 Å². The van der Waals surface area contributed by atoms with E-state index in [1.807, 2.05) is 0 Å². The van der Waals surface area contributed by atoms with Gasteiger partial charge in [-0.25, -0.2) is 4.39 Å². The zero-order chi connectivity index (χ0) is 17.5. The Hall–Kier alpha value is -1.66. The molecule has 1 heterocycles. The number of piperidine rings is 1. The lowest BCUT2D eigenvalue weighted by Gasteiger charge is -2.34. The maximum atomic E-state index is 12.8. The van der Waals surface area contributed by atoms with Gasteiger partial charge >= 0.3 is 0 Å². The molecule has 1 atom stereocenters. The monoisotopic (exact) mass is 338 g/mol. The normalized spacial score (nSPS) is 17.7. The summed E-state index contributed by atoms with van der Waals surface area (Å²) >= 11 is 0. The third-order valence-corrected chi connectivity index (χ3v) is 4.40. The van der Waals surface area contributed by atoms with Gasteiger partial charge in [-0.3, -0.25) is 4.79 Å². The second-order valence-corrected chi connectivity index (χ2v) is 6.57. The van der Waals surface area contributed by atoms with E-state index in [1.165, 1.54) is 24.3 Å². The third-order valence-electron chi connectivity index (χ3n) is 4.40. The van der Waals surface area contributed by atoms with Crippen LogP contribution in [0, 0.1) is 11.7 Å². The molecule has 0 spiro atoms. The Morgan fingerprint density at radius 2 is 1.96 bits per heavy atom. The molecule has 5 nitrogen and oxygen atoms in total. The molecule has 6 heteroatoms. The molecule has 0 saturated carbocycles. The number of likely N-dealkylation sites (tertiary alicyclic amines) is 1. The molecule has 0 radical (unpaired) electrons. The number of amides is 1. The Bertz CT molecular complexity index is 514. The molecule has 0 aromatic heterocycles. The molecule has 2 rings (SSSR count). The van der Waals surface area contributed by atoms with Gasteiger partial charge in [0.25, 0.3) is 0 Å². The van der Waals surface area contributed by atoms with Gasteiger partial charge in [-0.05, 0) is 64.0 Å². The number of benzene rings is 1. The van der Waals surface area contributed by atoms with Crippen molar-refractivity contribution >= 4 is 5.91 Å². The average molecular weight is 338 g/mol. The zero-order valence-electron chi connectivity index (χ0n) is 14.4. The Kier molecular flexibility index (Phi) is 6.99. The molecule has 1 aliphatic rings. The standard InChI is InChI=1S/C18H27FN2O3/c1-13(2)21-9-7-14(8-10-21)18(23)20-11-16(22)12-24-17-5-3-15(19)4-6-17/h3-6,13-14,16,22H,7-12H2,1-2H3,(H,20,23). The van der Waals surface area contributed by atoms with Gasteiger partial charge in [-0.15, -0.1) is 0 Å². The summed E-state index contributed by atoms with van der Waals surface area (Å²) in [5, 5.41) is 12.7. The minimum atomic E-state index is -0.797. The predicted molar refractivity (Wildman–Crippen MR) is 90.3 cm³/mol. The van der Waals surface area contributed by atoms with Crippen molar-refractivity contribution in [3.05, 3.63) is 30.1 Å². The number of carbonyl (C=O) groups excluding carboxylic acids is 1. The summed E-state index contributed by atoms with van der Waals surface area (Å²) < 4.78 is 18.2. The Balaban J connectivity index is 1.65. The van der Waals surface area contributed by atoms with Crippen molar-refractivity contribution in [2.75, 3.05) is 26.2 Å². The summed E-state index contributed by atoms with van der Waals surface area (Å²) in [6.45, 7) is 6.41. The number of nitrogens with zero attached hydrogens (tertiary/aromatic N) is 1. The molecule has 1 unspecified atom stereocenters. The van der Waals surface area contributed by atoms with Gasteiger partial charge < -0.3 is 20.1 Å². The molecule has 2 N–H and O–H groups in total. The highest BCUT2D eigenvalue weighted by molar-refractivity contribution is 5.78. The van der Waals surface area contributed by atoms with Crippen LogP contribution < -0.4 is 10.1 Å². The van der Waals surface area contributed by atoms with E-state index in [-0.39, 0.29) is 30.8 Å². The molecule has 1 aliphatic heterocycles. The SMILES string of the molecule is CC(C)N1CCC(C(=O)NCC(O)COc2ccc(F)cc2)CC1. The molecular formula is C18H27FN2O3. The van der Waals surface area contributed by atoms with Crippen LogP contribution in [0.3, 0.4) is 0 Å². The number of carbonyl (C=O) groups is 1. The van der Waals surface area contributed by atoms with Crippen LogP contribution in [0.2, 0.25) is 0 Å². The van der Waals surface area contributed by atoms with Crippen LogP contribution in [0.15, 0.2) is 24.3 Å². The van der Waals surface area contributed by atoms with Gasteiger partial charge in [0, 0.05) is 18.5 Å². The first-order chi connectivity index (χ1) is 11.5. The first-order valence-electron chi connectivity index (χ1n) is 8.54. The van der Waals surface area contributed by atoms with Crippen LogP contribution in [-0.4, -0.2) is 54.3 Å². The summed E-state index contributed by atoms with van der Waals surface area (Å²) in [4.78, 5) is 14.5. The van der Waals surface area contributed by atoms with Crippen molar-refractivity contribution in [1.29, 1.82) is 0 Å². The van der Waals surface area contributed by atoms with Crippen molar-refractivity contribution in [3.8, 4) is 5.75 Å². The van der Waals surface area contributed by atoms with Crippen LogP contribution in [0.5, 0.6) is 5.75 Å². The zero-order valence-corrected chi connectivity index (χ0v) is 14.4. The lowest BCUT2D eigenvalue weighted by Crippen LogP contribution is -2.44. The molecule has 134 valence electrons. The van der Waals surface area contributed by atoms with E-state index >= 15 is 0 Å². The first-order valence-corrected chi connectivity index (χ1v) is 8.54. The van der Waals surface area contributed by atoms with E-state index in [1.54, 1.807) is 0 Å². The molecule has 1 fully saturated rings. The fraction of sp³-hybridized carbons (Fsp3) is 0.611. The number of ether oxygens (including phenoxy) is 1. The second-order valence-electron chi connectivity index (χ2n) is 6.57. The number of rotatable bonds is 7. The van der Waals surface area contributed by atoms with E-state index < -0.39 is 6.10 Å². The van der Waals surface area contributed by atoms with Gasteiger partial charge in [0.2, 0.25) is 5.91 Å². The van der Waals surface area contributed by atoms with Gasteiger partial charge in [-0.1, -0.05) is 0 Å². The Morgan fingerprint density at radius 3 is 2.54 bits per heavy atom. The van der Waals surface area contributed by atoms with E-state index in [0.29, 0.717) is 11.8 Å². The van der Waals surface area contributed by atoms with Crippen LogP contribution in [-0.2, 0) is 4.79 Å². The molecule has 0 aliphatic carbocycles. The fourth-order valence-electron chi connectivity index (χ4n) is 2.82. The summed E-state index contributed by atoms with van der Waals surface area (Å²) in [7, 11) is 0. The molecular weight excluding hydrogens is 311 g/mol. The van der Waals surface area contributed by atoms with Crippen molar-refractivity contribution in [3.63, 3.8) is 0 Å². The van der Waals surface area contributed by atoms with Gasteiger partial charge in [0.1, 0.15) is 24.3 Å². The van der Waals surface area contributed by atoms with E-state index in [2.05, 4.69) is 24.1 Å². The van der Waals surface area contributed by atoms with Gasteiger partial charge in [-0.2, -0.15) is 0 Å². The second kappa shape index (κ2) is 8.99. The van der Waals surface area contributed by atoms with E-state index in [0.717, 1.165) is 25.9 Å². The lowest BCUT2D eigenvalue weighted by atomic mass is 9.95. The van der Waals surface area contributed by atoms with Crippen LogP contribution in [0.4, 0.5) is 4.39 Å². The maximum Gasteiger partial charge on any atom is 0.223 e. The number of hydrogen-bond donors (Lipinski definition) is 2. The molecule has 1 aromatic carbocycles. The van der Waals surface area contributed by atoms with E-state index in [9.17, 15) is 14.3 Å². The molecule has 0 bridgehead atoms. The van der Waals surface area contributed by atoms with Gasteiger partial charge in [0.15, 0.2) is 0 Å². The van der Waals surface area contributed by atoms with E-state index in [4.69, 9.17) is 4.74 Å². The number of aliphatic hydroxyl groups is 1. The van der Waals surface area contributed by atoms with Crippen LogP contribution in [0.1, 0.15) is 26.7 Å². The Morgan fingerprint density at radius 1 is 1.33 bits per heavy atom. The smallest absolute Gasteiger partial charge is 0.223 e. The number of halogens is 1. The highest BCUT2D eigenvalue weighted by Gasteiger charge is 2.26. The van der Waals surface area contributed by atoms with Crippen molar-refractivity contribution < 1.29 is 19.0 Å². The predicted octanol–water partition coefficient (Wildman–Crippen LogP) is 1.80. The Labute approximate surface area is 142 Å². The first kappa shape index (κ1) is 18.7. The number of aliphatic hydroxyl groups excluding tert-OH is 1. The largest absolute Gasteiger partial charge is 0.491 e. The summed E-state index contributed by atoms with van der Waals surface area (Å²) in [5.41, 5.74) is 0. The van der Waals surface area contributed by atoms with Crippen LogP contribution in [0.25, 0.3) is 0 Å². The average Bonchev–Trinajstić information content (AvgIpc) is 2.59. The quantitative estimate of drug-likeness (QED) is 0.796. The number of hydrogen-bond acceptors (Lipinski definition) is 4.